The fraction of sp³-hybridized carbons (Fsp3) is 0.429. The van der Waals surface area contributed by atoms with Gasteiger partial charge < -0.3 is 10.6 Å². The summed E-state index contributed by atoms with van der Waals surface area (Å²) in [6.07, 6.45) is 6.57. The summed E-state index contributed by atoms with van der Waals surface area (Å²) >= 11 is 1.46. The fourth-order valence-corrected chi connectivity index (χ4v) is 4.88. The van der Waals surface area contributed by atoms with Crippen LogP contribution in [0, 0.1) is 0 Å². The lowest BCUT2D eigenvalue weighted by Crippen LogP contribution is -2.44. The minimum Gasteiger partial charge on any atom is -0.323 e. The van der Waals surface area contributed by atoms with Gasteiger partial charge in [-0.15, -0.1) is 11.3 Å². The molecule has 2 N–H and O–H groups in total. The predicted molar refractivity (Wildman–Crippen MR) is 111 cm³/mol. The molecule has 1 aliphatic heterocycles. The Morgan fingerprint density at radius 3 is 2.72 bits per heavy atom. The lowest BCUT2D eigenvalue weighted by molar-refractivity contribution is -0.131. The quantitative estimate of drug-likeness (QED) is 0.683. The Hall–Kier alpha value is -2.74. The molecule has 2 heterocycles. The Balaban J connectivity index is 1.24. The van der Waals surface area contributed by atoms with E-state index < -0.39 is 5.54 Å². The van der Waals surface area contributed by atoms with E-state index in [0.717, 1.165) is 24.1 Å². The van der Waals surface area contributed by atoms with Gasteiger partial charge in [0.05, 0.1) is 0 Å². The molecular formula is C21H24N4O3S. The first kappa shape index (κ1) is 19.6. The van der Waals surface area contributed by atoms with Gasteiger partial charge >= 0.3 is 6.03 Å². The van der Waals surface area contributed by atoms with Crippen LogP contribution >= 0.6 is 11.3 Å². The topological polar surface area (TPSA) is 91.4 Å². The van der Waals surface area contributed by atoms with Gasteiger partial charge in [-0.3, -0.25) is 14.5 Å². The van der Waals surface area contributed by atoms with E-state index in [4.69, 9.17) is 0 Å². The Morgan fingerprint density at radius 1 is 1.21 bits per heavy atom. The van der Waals surface area contributed by atoms with Crippen molar-refractivity contribution in [2.45, 2.75) is 50.5 Å². The molecule has 2 fully saturated rings. The van der Waals surface area contributed by atoms with Gasteiger partial charge in [-0.05, 0) is 24.8 Å². The lowest BCUT2D eigenvalue weighted by Gasteiger charge is -2.19. The monoisotopic (exact) mass is 412 g/mol. The fourth-order valence-electron chi connectivity index (χ4n) is 4.02. The van der Waals surface area contributed by atoms with Gasteiger partial charge in [0.2, 0.25) is 5.91 Å². The van der Waals surface area contributed by atoms with Crippen molar-refractivity contribution in [1.82, 2.24) is 15.2 Å². The van der Waals surface area contributed by atoms with Crippen LogP contribution in [0.4, 0.5) is 9.93 Å². The van der Waals surface area contributed by atoms with E-state index in [2.05, 4.69) is 27.8 Å². The number of imide groups is 1. The summed E-state index contributed by atoms with van der Waals surface area (Å²) in [6.45, 7) is 0.261. The van der Waals surface area contributed by atoms with E-state index in [1.54, 1.807) is 6.20 Å². The van der Waals surface area contributed by atoms with Crippen molar-refractivity contribution in [1.29, 1.82) is 0 Å². The summed E-state index contributed by atoms with van der Waals surface area (Å²) in [7, 11) is 0. The van der Waals surface area contributed by atoms with E-state index in [1.807, 2.05) is 18.2 Å². The second-order valence-electron chi connectivity index (χ2n) is 7.62. The number of hydrogen-bond acceptors (Lipinski definition) is 5. The summed E-state index contributed by atoms with van der Waals surface area (Å²) in [6, 6.07) is 9.77. The second-order valence-corrected chi connectivity index (χ2v) is 8.74. The molecule has 1 aromatic heterocycles. The van der Waals surface area contributed by atoms with Crippen molar-refractivity contribution < 1.29 is 14.4 Å². The van der Waals surface area contributed by atoms with Crippen LogP contribution in [0.25, 0.3) is 0 Å². The molecule has 152 valence electrons. The van der Waals surface area contributed by atoms with Gasteiger partial charge in [0.25, 0.3) is 5.91 Å². The summed E-state index contributed by atoms with van der Waals surface area (Å²) in [5.41, 5.74) is 0.512. The zero-order valence-corrected chi connectivity index (χ0v) is 17.0. The number of rotatable bonds is 7. The molecule has 1 aromatic carbocycles. The maximum Gasteiger partial charge on any atom is 0.325 e. The lowest BCUT2D eigenvalue weighted by atomic mass is 9.98. The van der Waals surface area contributed by atoms with Crippen molar-refractivity contribution in [3.05, 3.63) is 47.0 Å². The first-order chi connectivity index (χ1) is 14.1. The van der Waals surface area contributed by atoms with Crippen LogP contribution < -0.4 is 10.6 Å². The van der Waals surface area contributed by atoms with Crippen molar-refractivity contribution in [2.24, 2.45) is 0 Å². The van der Waals surface area contributed by atoms with Crippen molar-refractivity contribution >= 4 is 34.3 Å². The molecule has 29 heavy (non-hydrogen) atoms. The van der Waals surface area contributed by atoms with E-state index in [9.17, 15) is 14.4 Å². The molecule has 4 amide bonds. The van der Waals surface area contributed by atoms with E-state index in [1.165, 1.54) is 21.8 Å². The zero-order chi connectivity index (χ0) is 20.3. The highest BCUT2D eigenvalue weighted by Gasteiger charge is 2.51. The molecule has 8 heteroatoms. The first-order valence-corrected chi connectivity index (χ1v) is 10.8. The molecular weight excluding hydrogens is 388 g/mol. The third-order valence-corrected chi connectivity index (χ3v) is 6.42. The molecule has 0 atom stereocenters. The van der Waals surface area contributed by atoms with E-state index >= 15 is 0 Å². The van der Waals surface area contributed by atoms with E-state index in [0.29, 0.717) is 24.4 Å². The van der Waals surface area contributed by atoms with Crippen LogP contribution in [-0.2, 0) is 16.0 Å². The zero-order valence-electron chi connectivity index (χ0n) is 16.1. The smallest absolute Gasteiger partial charge is 0.323 e. The van der Waals surface area contributed by atoms with Gasteiger partial charge in [0, 0.05) is 30.5 Å². The number of nitrogens with zero attached hydrogens (tertiary/aromatic N) is 2. The van der Waals surface area contributed by atoms with Crippen molar-refractivity contribution in [2.75, 3.05) is 11.9 Å². The number of urea groups is 1. The number of aromatic nitrogens is 1. The van der Waals surface area contributed by atoms with E-state index in [-0.39, 0.29) is 30.8 Å². The third-order valence-electron chi connectivity index (χ3n) is 5.51. The molecule has 2 aromatic rings. The number of nitrogens with one attached hydrogen (secondary N) is 2. The number of anilines is 1. The van der Waals surface area contributed by atoms with Crippen LogP contribution in [0.3, 0.4) is 0 Å². The standard InChI is InChI=1S/C21H24N4O3S/c26-17(23-19-22-14-16(29-19)13-15-7-2-1-3-8-15)9-6-12-25-18(27)21(24-20(25)28)10-4-5-11-21/h1-3,7-8,14H,4-6,9-13H2,(H,24,28)(H,22,23,26). The SMILES string of the molecule is O=C(CCCN1C(=O)NC2(CCCC2)C1=O)Nc1ncc(Cc2ccccc2)s1. The normalized spacial score (nSPS) is 17.7. The minimum atomic E-state index is -0.685. The maximum absolute atomic E-state index is 12.6. The molecule has 7 nitrogen and oxygen atoms in total. The highest BCUT2D eigenvalue weighted by Crippen LogP contribution is 2.35. The number of benzene rings is 1. The average Bonchev–Trinajstić information content (AvgIpc) is 3.40. The van der Waals surface area contributed by atoms with Gasteiger partial charge in [0.1, 0.15) is 5.54 Å². The van der Waals surface area contributed by atoms with Gasteiger partial charge in [-0.25, -0.2) is 9.78 Å². The molecule has 0 radical (unpaired) electrons. The largest absolute Gasteiger partial charge is 0.325 e. The Morgan fingerprint density at radius 2 is 1.97 bits per heavy atom. The minimum absolute atomic E-state index is 0.133. The van der Waals surface area contributed by atoms with Gasteiger partial charge in [0.15, 0.2) is 5.13 Å². The van der Waals surface area contributed by atoms with Crippen LogP contribution in [0.15, 0.2) is 36.5 Å². The molecule has 4 rings (SSSR count). The molecule has 1 aliphatic carbocycles. The highest BCUT2D eigenvalue weighted by molar-refractivity contribution is 7.15. The third kappa shape index (κ3) is 4.32. The second kappa shape index (κ2) is 8.32. The maximum atomic E-state index is 12.6. The van der Waals surface area contributed by atoms with Gasteiger partial charge in [-0.1, -0.05) is 43.2 Å². The van der Waals surface area contributed by atoms with Crippen molar-refractivity contribution in [3.63, 3.8) is 0 Å². The Bertz CT molecular complexity index is 906. The predicted octanol–water partition coefficient (Wildman–Crippen LogP) is 3.32. The highest BCUT2D eigenvalue weighted by atomic mass is 32.1. The first-order valence-electron chi connectivity index (χ1n) is 9.98. The van der Waals surface area contributed by atoms with Crippen molar-refractivity contribution in [3.8, 4) is 0 Å². The summed E-state index contributed by atoms with van der Waals surface area (Å²) in [5, 5.41) is 6.24. The molecule has 0 unspecified atom stereocenters. The number of carbonyl (C=O) groups is 3. The van der Waals surface area contributed by atoms with Crippen LogP contribution in [0.2, 0.25) is 0 Å². The number of carbonyl (C=O) groups excluding carboxylic acids is 3. The number of hydrogen-bond donors (Lipinski definition) is 2. The van der Waals surface area contributed by atoms with Gasteiger partial charge in [-0.2, -0.15) is 0 Å². The number of amides is 4. The summed E-state index contributed by atoms with van der Waals surface area (Å²) in [5.74, 6) is -0.292. The van der Waals surface area contributed by atoms with Crippen LogP contribution in [-0.4, -0.2) is 39.8 Å². The average molecular weight is 413 g/mol. The number of thiazole rings is 1. The molecule has 1 saturated carbocycles. The van der Waals surface area contributed by atoms with Crippen LogP contribution in [0.5, 0.6) is 0 Å². The molecule has 0 bridgehead atoms. The Kier molecular flexibility index (Phi) is 5.62. The summed E-state index contributed by atoms with van der Waals surface area (Å²) in [4.78, 5) is 43.6. The molecule has 2 aliphatic rings. The Labute approximate surface area is 173 Å². The summed E-state index contributed by atoms with van der Waals surface area (Å²) < 4.78 is 0. The molecule has 1 spiro atoms. The van der Waals surface area contributed by atoms with Crippen LogP contribution in [0.1, 0.15) is 49.0 Å². The molecule has 1 saturated heterocycles.